The van der Waals surface area contributed by atoms with Gasteiger partial charge in [0.05, 0.1) is 22.2 Å². The number of rotatable bonds is 8. The van der Waals surface area contributed by atoms with Gasteiger partial charge in [-0.3, -0.25) is 9.89 Å². The molecule has 8 nitrogen and oxygen atoms in total. The molecule has 1 aromatic heterocycles. The van der Waals surface area contributed by atoms with E-state index in [4.69, 9.17) is 0 Å². The molecule has 9 heteroatoms. The van der Waals surface area contributed by atoms with Gasteiger partial charge in [-0.15, -0.1) is 0 Å². The number of carbonyl (C=O) groups excluding carboxylic acids is 1. The van der Waals surface area contributed by atoms with Gasteiger partial charge in [-0.25, -0.2) is 13.1 Å². The molecule has 1 aliphatic carbocycles. The van der Waals surface area contributed by atoms with Crippen molar-refractivity contribution < 1.29 is 18.3 Å². The predicted octanol–water partition coefficient (Wildman–Crippen LogP) is 4.16. The number of hydrogen-bond acceptors (Lipinski definition) is 5. The first-order valence-corrected chi connectivity index (χ1v) is 14.2. The summed E-state index contributed by atoms with van der Waals surface area (Å²) in [6, 6.07) is 15.5. The Bertz CT molecular complexity index is 1300. The molecule has 1 aliphatic rings. The van der Waals surface area contributed by atoms with Crippen LogP contribution in [0.2, 0.25) is 0 Å². The van der Waals surface area contributed by atoms with Crippen molar-refractivity contribution >= 4 is 15.9 Å². The average molecular weight is 525 g/mol. The van der Waals surface area contributed by atoms with E-state index < -0.39 is 21.7 Å². The monoisotopic (exact) mass is 524 g/mol. The molecule has 4 N–H and O–H groups in total. The molecule has 0 spiro atoms. The second kappa shape index (κ2) is 10.8. The highest BCUT2D eigenvalue weighted by molar-refractivity contribution is 7.89. The van der Waals surface area contributed by atoms with Crippen molar-refractivity contribution in [2.45, 2.75) is 76.0 Å². The quantitative estimate of drug-likeness (QED) is 0.352. The lowest BCUT2D eigenvalue weighted by Crippen LogP contribution is -2.46. The number of hydrogen-bond donors (Lipinski definition) is 4. The zero-order valence-corrected chi connectivity index (χ0v) is 22.6. The van der Waals surface area contributed by atoms with Gasteiger partial charge in [0.2, 0.25) is 15.9 Å². The summed E-state index contributed by atoms with van der Waals surface area (Å²) in [5, 5.41) is 20.8. The fourth-order valence-electron chi connectivity index (χ4n) is 5.11. The topological polar surface area (TPSA) is 124 Å². The molecule has 4 rings (SSSR count). The van der Waals surface area contributed by atoms with E-state index in [0.717, 1.165) is 28.1 Å². The van der Waals surface area contributed by atoms with Crippen molar-refractivity contribution in [1.29, 1.82) is 0 Å². The van der Waals surface area contributed by atoms with Crippen molar-refractivity contribution in [1.82, 2.24) is 20.2 Å². The highest BCUT2D eigenvalue weighted by Crippen LogP contribution is 2.30. The minimum atomic E-state index is -3.68. The Kier molecular flexibility index (Phi) is 7.87. The van der Waals surface area contributed by atoms with Gasteiger partial charge in [0.1, 0.15) is 0 Å². The van der Waals surface area contributed by atoms with E-state index in [1.165, 1.54) is 0 Å². The largest absolute Gasteiger partial charge is 0.388 e. The minimum absolute atomic E-state index is 0.113. The summed E-state index contributed by atoms with van der Waals surface area (Å²) in [5.41, 5.74) is 3.40. The number of amides is 1. The fraction of sp³-hybridized carbons (Fsp3) is 0.429. The van der Waals surface area contributed by atoms with Crippen LogP contribution in [-0.4, -0.2) is 41.3 Å². The van der Waals surface area contributed by atoms with Crippen LogP contribution in [0.25, 0.3) is 11.1 Å². The molecule has 1 heterocycles. The van der Waals surface area contributed by atoms with Gasteiger partial charge in [-0.1, -0.05) is 42.5 Å². The van der Waals surface area contributed by atoms with Crippen molar-refractivity contribution in [2.24, 2.45) is 5.92 Å². The Hall–Kier alpha value is -3.01. The predicted molar refractivity (Wildman–Crippen MR) is 143 cm³/mol. The van der Waals surface area contributed by atoms with Gasteiger partial charge >= 0.3 is 0 Å². The van der Waals surface area contributed by atoms with E-state index in [9.17, 15) is 18.3 Å². The summed E-state index contributed by atoms with van der Waals surface area (Å²) in [6.07, 6.45) is 2.29. The fourth-order valence-corrected chi connectivity index (χ4v) is 6.42. The SMILES string of the molecule is Cc1n[nH]c(C)c1-c1ccc(S(=O)(=O)N[C@H]2CC[C@H](C(=O)N[C@@H](c3ccccc3)C(C)(C)O)CC2)cc1. The van der Waals surface area contributed by atoms with E-state index in [2.05, 4.69) is 20.2 Å². The molecule has 198 valence electrons. The Morgan fingerprint density at radius 2 is 1.65 bits per heavy atom. The van der Waals surface area contributed by atoms with Gasteiger partial charge in [0, 0.05) is 23.2 Å². The molecule has 0 radical (unpaired) electrons. The van der Waals surface area contributed by atoms with Crippen LogP contribution in [0, 0.1) is 19.8 Å². The van der Waals surface area contributed by atoms with E-state index >= 15 is 0 Å². The number of aromatic amines is 1. The molecule has 1 fully saturated rings. The summed E-state index contributed by atoms with van der Waals surface area (Å²) in [4.78, 5) is 13.3. The van der Waals surface area contributed by atoms with E-state index in [1.54, 1.807) is 38.1 Å². The van der Waals surface area contributed by atoms with Gasteiger partial charge in [0.25, 0.3) is 0 Å². The molecule has 1 saturated carbocycles. The maximum atomic E-state index is 13.1. The standard InChI is InChI=1S/C28H36N4O4S/c1-18-25(19(2)31-30-18)20-12-16-24(17-13-20)37(35,36)32-23-14-10-22(11-15-23)27(33)29-26(28(3,4)34)21-8-6-5-7-9-21/h5-9,12-13,16-17,22-23,26,32,34H,10-11,14-15H2,1-4H3,(H,29,33)(H,30,31)/t22-,23-,26-/m0/s1. The maximum Gasteiger partial charge on any atom is 0.240 e. The van der Waals surface area contributed by atoms with Gasteiger partial charge < -0.3 is 10.4 Å². The third kappa shape index (κ3) is 6.29. The zero-order chi connectivity index (χ0) is 26.8. The van der Waals surface area contributed by atoms with Crippen LogP contribution in [-0.2, 0) is 14.8 Å². The minimum Gasteiger partial charge on any atom is -0.388 e. The molecule has 1 atom stereocenters. The summed E-state index contributed by atoms with van der Waals surface area (Å²) < 4.78 is 28.9. The highest BCUT2D eigenvalue weighted by Gasteiger charge is 2.34. The lowest BCUT2D eigenvalue weighted by molar-refractivity contribution is -0.128. The van der Waals surface area contributed by atoms with Crippen LogP contribution in [0.5, 0.6) is 0 Å². The van der Waals surface area contributed by atoms with Crippen LogP contribution in [0.1, 0.15) is 62.5 Å². The summed E-state index contributed by atoms with van der Waals surface area (Å²) >= 11 is 0. The van der Waals surface area contributed by atoms with Gasteiger partial charge in [-0.05, 0) is 76.6 Å². The van der Waals surface area contributed by atoms with E-state index in [0.29, 0.717) is 25.7 Å². The number of aliphatic hydroxyl groups is 1. The smallest absolute Gasteiger partial charge is 0.240 e. The molecule has 0 bridgehead atoms. The molecular formula is C28H36N4O4S. The van der Waals surface area contributed by atoms with Crippen LogP contribution in [0.3, 0.4) is 0 Å². The van der Waals surface area contributed by atoms with Crippen molar-refractivity contribution in [3.8, 4) is 11.1 Å². The number of nitrogens with one attached hydrogen (secondary N) is 3. The van der Waals surface area contributed by atoms with Crippen molar-refractivity contribution in [3.05, 3.63) is 71.5 Å². The first kappa shape index (κ1) is 27.0. The molecular weight excluding hydrogens is 488 g/mol. The number of aryl methyl sites for hydroxylation is 2. The summed E-state index contributed by atoms with van der Waals surface area (Å²) in [5.74, 6) is -0.340. The lowest BCUT2D eigenvalue weighted by Gasteiger charge is -2.34. The molecule has 3 aromatic rings. The van der Waals surface area contributed by atoms with E-state index in [1.807, 2.05) is 44.2 Å². The Morgan fingerprint density at radius 1 is 1.03 bits per heavy atom. The first-order valence-electron chi connectivity index (χ1n) is 12.7. The first-order chi connectivity index (χ1) is 17.5. The number of nitrogens with zero attached hydrogens (tertiary/aromatic N) is 1. The second-order valence-electron chi connectivity index (χ2n) is 10.5. The normalized spacial score (nSPS) is 19.4. The zero-order valence-electron chi connectivity index (χ0n) is 21.8. The maximum absolute atomic E-state index is 13.1. The molecule has 0 aliphatic heterocycles. The summed E-state index contributed by atoms with van der Waals surface area (Å²) in [7, 11) is -3.68. The molecule has 0 unspecified atom stereocenters. The van der Waals surface area contributed by atoms with Crippen LogP contribution < -0.4 is 10.0 Å². The third-order valence-corrected chi connectivity index (χ3v) is 8.66. The number of benzene rings is 2. The Labute approximate surface area is 218 Å². The molecule has 37 heavy (non-hydrogen) atoms. The lowest BCUT2D eigenvalue weighted by atomic mass is 9.84. The van der Waals surface area contributed by atoms with E-state index in [-0.39, 0.29) is 22.8 Å². The van der Waals surface area contributed by atoms with Crippen LogP contribution in [0.15, 0.2) is 59.5 Å². The second-order valence-corrected chi connectivity index (χ2v) is 12.2. The highest BCUT2D eigenvalue weighted by atomic mass is 32.2. The number of carbonyl (C=O) groups is 1. The van der Waals surface area contributed by atoms with Crippen LogP contribution >= 0.6 is 0 Å². The van der Waals surface area contributed by atoms with Gasteiger partial charge in [0.15, 0.2) is 0 Å². The molecule has 2 aromatic carbocycles. The summed E-state index contributed by atoms with van der Waals surface area (Å²) in [6.45, 7) is 7.21. The number of sulfonamides is 1. The van der Waals surface area contributed by atoms with Crippen LogP contribution in [0.4, 0.5) is 0 Å². The number of H-pyrrole nitrogens is 1. The van der Waals surface area contributed by atoms with Gasteiger partial charge in [-0.2, -0.15) is 5.10 Å². The third-order valence-electron chi connectivity index (χ3n) is 7.13. The van der Waals surface area contributed by atoms with Crippen molar-refractivity contribution in [3.63, 3.8) is 0 Å². The molecule has 0 saturated heterocycles. The Morgan fingerprint density at radius 3 is 2.19 bits per heavy atom. The average Bonchev–Trinajstić information content (AvgIpc) is 3.20. The Balaban J connectivity index is 1.35. The number of aromatic nitrogens is 2. The van der Waals surface area contributed by atoms with Crippen molar-refractivity contribution in [2.75, 3.05) is 0 Å². The molecule has 1 amide bonds.